The minimum atomic E-state index is -0.163. The van der Waals surface area contributed by atoms with Gasteiger partial charge in [0.05, 0.1) is 26.8 Å². The Balaban J connectivity index is 1.56. The van der Waals surface area contributed by atoms with Crippen LogP contribution in [0.25, 0.3) is 10.9 Å². The van der Waals surface area contributed by atoms with Gasteiger partial charge in [-0.05, 0) is 40.3 Å². The SMILES string of the molecule is COc1ccc2[nH]c(=O)c(CN(CCO)Cc3nnnn3Cc3ccccc3)cc2c1. The van der Waals surface area contributed by atoms with Gasteiger partial charge in [0.25, 0.3) is 5.56 Å². The molecule has 0 aliphatic rings. The van der Waals surface area contributed by atoms with Gasteiger partial charge in [-0.25, -0.2) is 4.68 Å². The number of H-pyrrole nitrogens is 1. The van der Waals surface area contributed by atoms with Gasteiger partial charge in [0.2, 0.25) is 0 Å². The van der Waals surface area contributed by atoms with E-state index in [4.69, 9.17) is 4.74 Å². The average molecular weight is 420 g/mol. The number of aliphatic hydroxyl groups excluding tert-OH is 1. The van der Waals surface area contributed by atoms with Crippen molar-refractivity contribution in [1.29, 1.82) is 0 Å². The summed E-state index contributed by atoms with van der Waals surface area (Å²) in [5.74, 6) is 1.38. The van der Waals surface area contributed by atoms with Crippen molar-refractivity contribution in [3.63, 3.8) is 0 Å². The first-order chi connectivity index (χ1) is 15.2. The molecule has 4 rings (SSSR count). The highest BCUT2D eigenvalue weighted by Crippen LogP contribution is 2.19. The Kier molecular flexibility index (Phi) is 6.34. The van der Waals surface area contributed by atoms with Gasteiger partial charge in [0.15, 0.2) is 5.82 Å². The molecule has 2 aromatic heterocycles. The number of tetrazole rings is 1. The maximum absolute atomic E-state index is 12.6. The molecule has 160 valence electrons. The molecule has 0 fully saturated rings. The number of nitrogens with zero attached hydrogens (tertiary/aromatic N) is 5. The first kappa shape index (κ1) is 20.7. The summed E-state index contributed by atoms with van der Waals surface area (Å²) in [6, 6.07) is 17.3. The van der Waals surface area contributed by atoms with E-state index in [-0.39, 0.29) is 12.2 Å². The molecule has 0 saturated carbocycles. The molecule has 0 saturated heterocycles. The van der Waals surface area contributed by atoms with Crippen LogP contribution in [0.5, 0.6) is 5.75 Å². The van der Waals surface area contributed by atoms with E-state index >= 15 is 0 Å². The number of rotatable bonds is 9. The molecule has 9 heteroatoms. The van der Waals surface area contributed by atoms with Crippen LogP contribution in [0, 0.1) is 0 Å². The lowest BCUT2D eigenvalue weighted by Gasteiger charge is -2.20. The molecule has 0 amide bonds. The van der Waals surface area contributed by atoms with Gasteiger partial charge in [0.1, 0.15) is 5.75 Å². The predicted octanol–water partition coefficient (Wildman–Crippen LogP) is 1.57. The zero-order chi connectivity index (χ0) is 21.6. The minimum Gasteiger partial charge on any atom is -0.497 e. The number of benzene rings is 2. The Morgan fingerprint density at radius 2 is 1.97 bits per heavy atom. The van der Waals surface area contributed by atoms with E-state index in [1.807, 2.05) is 59.5 Å². The highest BCUT2D eigenvalue weighted by molar-refractivity contribution is 5.80. The van der Waals surface area contributed by atoms with E-state index in [0.717, 1.165) is 22.2 Å². The lowest BCUT2D eigenvalue weighted by molar-refractivity contribution is 0.179. The number of fused-ring (bicyclic) bond motifs is 1. The first-order valence-corrected chi connectivity index (χ1v) is 9.98. The predicted molar refractivity (Wildman–Crippen MR) is 116 cm³/mol. The van der Waals surface area contributed by atoms with Gasteiger partial charge in [0, 0.05) is 29.6 Å². The summed E-state index contributed by atoms with van der Waals surface area (Å²) in [4.78, 5) is 17.5. The summed E-state index contributed by atoms with van der Waals surface area (Å²) >= 11 is 0. The standard InChI is InChI=1S/C22H24N6O3/c1-31-19-7-8-20-17(12-19)11-18(22(30)23-20)14-27(9-10-29)15-21-24-25-26-28(21)13-16-5-3-2-4-6-16/h2-8,11-12,29H,9-10,13-15H2,1H3,(H,23,30). The molecule has 0 unspecified atom stereocenters. The minimum absolute atomic E-state index is 0.0421. The summed E-state index contributed by atoms with van der Waals surface area (Å²) < 4.78 is 7.02. The molecule has 0 radical (unpaired) electrons. The van der Waals surface area contributed by atoms with Gasteiger partial charge in [-0.3, -0.25) is 9.69 Å². The van der Waals surface area contributed by atoms with Crippen LogP contribution in [0.3, 0.4) is 0 Å². The van der Waals surface area contributed by atoms with Crippen molar-refractivity contribution in [3.05, 3.63) is 81.9 Å². The number of ether oxygens (including phenoxy) is 1. The zero-order valence-corrected chi connectivity index (χ0v) is 17.2. The Morgan fingerprint density at radius 3 is 2.74 bits per heavy atom. The molecule has 2 heterocycles. The molecular weight excluding hydrogens is 396 g/mol. The normalized spacial score (nSPS) is 11.3. The second kappa shape index (κ2) is 9.50. The summed E-state index contributed by atoms with van der Waals surface area (Å²) in [7, 11) is 1.61. The molecule has 9 nitrogen and oxygen atoms in total. The molecular formula is C22H24N6O3. The number of nitrogens with one attached hydrogen (secondary N) is 1. The number of methoxy groups -OCH3 is 1. The smallest absolute Gasteiger partial charge is 0.252 e. The molecule has 0 aliphatic carbocycles. The summed E-state index contributed by atoms with van der Waals surface area (Å²) in [5, 5.41) is 22.5. The van der Waals surface area contributed by atoms with Gasteiger partial charge < -0.3 is 14.8 Å². The van der Waals surface area contributed by atoms with Crippen molar-refractivity contribution in [3.8, 4) is 5.75 Å². The van der Waals surface area contributed by atoms with Crippen LogP contribution in [-0.4, -0.2) is 55.5 Å². The Morgan fingerprint density at radius 1 is 1.13 bits per heavy atom. The van der Waals surface area contributed by atoms with E-state index in [2.05, 4.69) is 20.5 Å². The van der Waals surface area contributed by atoms with Crippen LogP contribution >= 0.6 is 0 Å². The van der Waals surface area contributed by atoms with E-state index in [1.165, 1.54) is 0 Å². The second-order valence-corrected chi connectivity index (χ2v) is 7.25. The quantitative estimate of drug-likeness (QED) is 0.423. The molecule has 0 aliphatic heterocycles. The maximum Gasteiger partial charge on any atom is 0.252 e. The van der Waals surface area contributed by atoms with E-state index in [0.29, 0.717) is 37.6 Å². The number of pyridine rings is 1. The van der Waals surface area contributed by atoms with E-state index in [9.17, 15) is 9.90 Å². The topological polar surface area (TPSA) is 109 Å². The molecule has 31 heavy (non-hydrogen) atoms. The van der Waals surface area contributed by atoms with Crippen molar-refractivity contribution < 1.29 is 9.84 Å². The third-order valence-corrected chi connectivity index (χ3v) is 5.08. The van der Waals surface area contributed by atoms with Gasteiger partial charge >= 0.3 is 0 Å². The van der Waals surface area contributed by atoms with Crippen LogP contribution in [0.2, 0.25) is 0 Å². The van der Waals surface area contributed by atoms with Crippen molar-refractivity contribution in [2.24, 2.45) is 0 Å². The molecule has 2 N–H and O–H groups in total. The molecule has 0 spiro atoms. The monoisotopic (exact) mass is 420 g/mol. The summed E-state index contributed by atoms with van der Waals surface area (Å²) in [6.07, 6.45) is 0. The molecule has 2 aromatic carbocycles. The fraction of sp³-hybridized carbons (Fsp3) is 0.273. The Bertz CT molecular complexity index is 1200. The maximum atomic E-state index is 12.6. The Hall–Kier alpha value is -3.56. The lowest BCUT2D eigenvalue weighted by Crippen LogP contribution is -2.30. The number of hydrogen-bond acceptors (Lipinski definition) is 7. The third kappa shape index (κ3) is 4.96. The average Bonchev–Trinajstić information content (AvgIpc) is 3.21. The highest BCUT2D eigenvalue weighted by atomic mass is 16.5. The number of hydrogen-bond donors (Lipinski definition) is 2. The highest BCUT2D eigenvalue weighted by Gasteiger charge is 2.15. The van der Waals surface area contributed by atoms with Crippen LogP contribution in [0.4, 0.5) is 0 Å². The van der Waals surface area contributed by atoms with E-state index < -0.39 is 0 Å². The largest absolute Gasteiger partial charge is 0.497 e. The number of aliphatic hydroxyl groups is 1. The third-order valence-electron chi connectivity index (χ3n) is 5.08. The van der Waals surface area contributed by atoms with Crippen LogP contribution in [0.1, 0.15) is 17.0 Å². The fourth-order valence-electron chi connectivity index (χ4n) is 3.49. The van der Waals surface area contributed by atoms with Crippen LogP contribution in [-0.2, 0) is 19.6 Å². The summed E-state index contributed by atoms with van der Waals surface area (Å²) in [6.45, 7) is 1.64. The van der Waals surface area contributed by atoms with Gasteiger partial charge in [-0.15, -0.1) is 5.10 Å². The van der Waals surface area contributed by atoms with Crippen LogP contribution in [0.15, 0.2) is 59.4 Å². The molecule has 4 aromatic rings. The lowest BCUT2D eigenvalue weighted by atomic mass is 10.1. The number of aromatic nitrogens is 5. The zero-order valence-electron chi connectivity index (χ0n) is 17.2. The van der Waals surface area contributed by atoms with Crippen molar-refractivity contribution in [2.45, 2.75) is 19.6 Å². The summed E-state index contributed by atoms with van der Waals surface area (Å²) in [5.41, 5.74) is 2.26. The molecule has 0 atom stereocenters. The molecule has 0 bridgehead atoms. The van der Waals surface area contributed by atoms with Crippen molar-refractivity contribution in [2.75, 3.05) is 20.3 Å². The van der Waals surface area contributed by atoms with Gasteiger partial charge in [-0.1, -0.05) is 30.3 Å². The second-order valence-electron chi connectivity index (χ2n) is 7.25. The fourth-order valence-corrected chi connectivity index (χ4v) is 3.49. The van der Waals surface area contributed by atoms with Crippen molar-refractivity contribution >= 4 is 10.9 Å². The Labute approximate surface area is 178 Å². The van der Waals surface area contributed by atoms with Crippen molar-refractivity contribution in [1.82, 2.24) is 30.1 Å². The number of aromatic amines is 1. The first-order valence-electron chi connectivity index (χ1n) is 9.98. The van der Waals surface area contributed by atoms with E-state index in [1.54, 1.807) is 11.8 Å². The van der Waals surface area contributed by atoms with Crippen LogP contribution < -0.4 is 10.3 Å². The van der Waals surface area contributed by atoms with Gasteiger partial charge in [-0.2, -0.15) is 0 Å².